The molecule has 4 rings (SSSR count). The Hall–Kier alpha value is -3.57. The Morgan fingerprint density at radius 2 is 1.65 bits per heavy atom. The lowest BCUT2D eigenvalue weighted by Gasteiger charge is -2.34. The highest BCUT2D eigenvalue weighted by molar-refractivity contribution is 9.10. The van der Waals surface area contributed by atoms with Crippen LogP contribution in [0.4, 0.5) is 5.69 Å². The van der Waals surface area contributed by atoms with Crippen LogP contribution < -0.4 is 19.1 Å². The maximum absolute atomic E-state index is 14.3. The molecule has 0 saturated heterocycles. The van der Waals surface area contributed by atoms with Gasteiger partial charge < -0.3 is 19.7 Å². The van der Waals surface area contributed by atoms with Gasteiger partial charge in [-0.2, -0.15) is 0 Å². The number of carbonyl (C=O) groups is 2. The van der Waals surface area contributed by atoms with Crippen molar-refractivity contribution in [3.05, 3.63) is 88.4 Å². The van der Waals surface area contributed by atoms with E-state index in [0.717, 1.165) is 51.8 Å². The number of hydrogen-bond donors (Lipinski definition) is 1. The third-order valence-electron chi connectivity index (χ3n) is 7.55. The average Bonchev–Trinajstić information content (AvgIpc) is 3.50. The fourth-order valence-corrected chi connectivity index (χ4v) is 6.63. The summed E-state index contributed by atoms with van der Waals surface area (Å²) in [5.41, 5.74) is 1.84. The summed E-state index contributed by atoms with van der Waals surface area (Å²) in [6.07, 6.45) is 5.16. The predicted octanol–water partition coefficient (Wildman–Crippen LogP) is 4.93. The lowest BCUT2D eigenvalue weighted by atomic mass is 10.0. The van der Waals surface area contributed by atoms with Crippen LogP contribution in [-0.4, -0.2) is 64.2 Å². The lowest BCUT2D eigenvalue weighted by Crippen LogP contribution is -2.54. The SMILES string of the molecule is COc1ccc(OC)c(N(CC(=O)N(Cc2cccc(Br)c2)C(Cc2ccccc2)C(=O)NC2CCCC2)S(C)(=O)=O)c1. The number of sulfonamides is 1. The van der Waals surface area contributed by atoms with Gasteiger partial charge in [0.05, 0.1) is 26.2 Å². The molecule has 1 saturated carbocycles. The Morgan fingerprint density at radius 3 is 2.28 bits per heavy atom. The minimum absolute atomic E-state index is 0.0437. The summed E-state index contributed by atoms with van der Waals surface area (Å²) in [7, 11) is -1.07. The highest BCUT2D eigenvalue weighted by Gasteiger charge is 2.35. The number of nitrogens with zero attached hydrogens (tertiary/aromatic N) is 2. The second-order valence-electron chi connectivity index (χ2n) is 10.7. The number of methoxy groups -OCH3 is 2. The van der Waals surface area contributed by atoms with Crippen LogP contribution >= 0.6 is 15.9 Å². The number of carbonyl (C=O) groups excluding carboxylic acids is 2. The average molecular weight is 673 g/mol. The first-order chi connectivity index (χ1) is 20.6. The van der Waals surface area contributed by atoms with Gasteiger partial charge in [-0.3, -0.25) is 13.9 Å². The Bertz CT molecular complexity index is 1510. The zero-order valence-corrected chi connectivity index (χ0v) is 27.1. The summed E-state index contributed by atoms with van der Waals surface area (Å²) in [4.78, 5) is 29.8. The maximum atomic E-state index is 14.3. The number of hydrogen-bond acceptors (Lipinski definition) is 6. The van der Waals surface area contributed by atoms with Gasteiger partial charge in [-0.15, -0.1) is 0 Å². The Balaban J connectivity index is 1.76. The molecule has 9 nitrogen and oxygen atoms in total. The zero-order chi connectivity index (χ0) is 31.0. The summed E-state index contributed by atoms with van der Waals surface area (Å²) in [6, 6.07) is 20.9. The molecule has 1 aliphatic rings. The third kappa shape index (κ3) is 8.73. The van der Waals surface area contributed by atoms with Crippen molar-refractivity contribution < 1.29 is 27.5 Å². The number of amides is 2. The summed E-state index contributed by atoms with van der Waals surface area (Å²) in [6.45, 7) is -0.445. The molecule has 11 heteroatoms. The predicted molar refractivity (Wildman–Crippen MR) is 171 cm³/mol. The highest BCUT2D eigenvalue weighted by atomic mass is 79.9. The third-order valence-corrected chi connectivity index (χ3v) is 9.17. The van der Waals surface area contributed by atoms with E-state index in [2.05, 4.69) is 21.2 Å². The standard InChI is InChI=1S/C32H38BrN3O6S/c1-41-27-16-17-30(42-2)28(20-27)36(43(3,39)40)22-31(37)35(21-24-12-9-13-25(33)18-24)29(19-23-10-5-4-6-11-23)32(38)34-26-14-7-8-15-26/h4-6,9-13,16-18,20,26,29H,7-8,14-15,19,21-22H2,1-3H3,(H,34,38). The Labute approximate surface area is 262 Å². The van der Waals surface area contributed by atoms with Crippen LogP contribution in [0.1, 0.15) is 36.8 Å². The van der Waals surface area contributed by atoms with Gasteiger partial charge in [0, 0.05) is 29.5 Å². The molecule has 1 fully saturated rings. The second-order valence-corrected chi connectivity index (χ2v) is 13.5. The molecule has 2 amide bonds. The van der Waals surface area contributed by atoms with Gasteiger partial charge in [0.1, 0.15) is 24.1 Å². The quantitative estimate of drug-likeness (QED) is 0.276. The van der Waals surface area contributed by atoms with Gasteiger partial charge in [-0.25, -0.2) is 8.42 Å². The summed E-state index contributed by atoms with van der Waals surface area (Å²) in [5.74, 6) is -0.125. The second kappa shape index (κ2) is 14.7. The molecule has 0 aliphatic heterocycles. The number of nitrogens with one attached hydrogen (secondary N) is 1. The molecule has 1 N–H and O–H groups in total. The molecular weight excluding hydrogens is 634 g/mol. The number of benzene rings is 3. The minimum atomic E-state index is -3.96. The van der Waals surface area contributed by atoms with Crippen molar-refractivity contribution in [3.63, 3.8) is 0 Å². The van der Waals surface area contributed by atoms with Crippen LogP contribution in [0, 0.1) is 0 Å². The van der Waals surface area contributed by atoms with E-state index in [1.165, 1.54) is 25.2 Å². The molecule has 1 atom stereocenters. The van der Waals surface area contributed by atoms with Crippen LogP contribution in [0.5, 0.6) is 11.5 Å². The molecule has 0 bridgehead atoms. The van der Waals surface area contributed by atoms with Crippen LogP contribution in [-0.2, 0) is 32.6 Å². The first-order valence-corrected chi connectivity index (χ1v) is 16.8. The van der Waals surface area contributed by atoms with Crippen molar-refractivity contribution in [2.45, 2.75) is 50.7 Å². The van der Waals surface area contributed by atoms with E-state index in [-0.39, 0.29) is 36.4 Å². The molecule has 0 aromatic heterocycles. The lowest BCUT2D eigenvalue weighted by molar-refractivity contribution is -0.140. The highest BCUT2D eigenvalue weighted by Crippen LogP contribution is 2.34. The fourth-order valence-electron chi connectivity index (χ4n) is 5.34. The summed E-state index contributed by atoms with van der Waals surface area (Å²) < 4.78 is 38.9. The largest absolute Gasteiger partial charge is 0.497 e. The number of ether oxygens (including phenoxy) is 2. The number of rotatable bonds is 13. The van der Waals surface area contributed by atoms with Crippen LogP contribution in [0.2, 0.25) is 0 Å². The molecule has 0 radical (unpaired) electrons. The fraction of sp³-hybridized carbons (Fsp3) is 0.375. The van der Waals surface area contributed by atoms with Crippen LogP contribution in [0.25, 0.3) is 0 Å². The van der Waals surface area contributed by atoms with Crippen LogP contribution in [0.15, 0.2) is 77.3 Å². The molecule has 0 spiro atoms. The number of halogens is 1. The van der Waals surface area contributed by atoms with Gasteiger partial charge in [0.15, 0.2) is 0 Å². The van der Waals surface area contributed by atoms with Gasteiger partial charge in [-0.1, -0.05) is 71.2 Å². The molecular formula is C32H38BrN3O6S. The van der Waals surface area contributed by atoms with Gasteiger partial charge >= 0.3 is 0 Å². The molecule has 230 valence electrons. The van der Waals surface area contributed by atoms with E-state index in [0.29, 0.717) is 5.75 Å². The number of anilines is 1. The van der Waals surface area contributed by atoms with Crippen molar-refractivity contribution in [2.75, 3.05) is 31.3 Å². The van der Waals surface area contributed by atoms with Crippen molar-refractivity contribution in [1.29, 1.82) is 0 Å². The first kappa shape index (κ1) is 32.3. The Kier molecular flexibility index (Phi) is 11.1. The maximum Gasteiger partial charge on any atom is 0.244 e. The van der Waals surface area contributed by atoms with Gasteiger partial charge in [0.25, 0.3) is 0 Å². The van der Waals surface area contributed by atoms with E-state index < -0.39 is 28.5 Å². The Morgan fingerprint density at radius 1 is 0.953 bits per heavy atom. The van der Waals surface area contributed by atoms with Crippen LogP contribution in [0.3, 0.4) is 0 Å². The van der Waals surface area contributed by atoms with E-state index >= 15 is 0 Å². The molecule has 3 aromatic rings. The van der Waals surface area contributed by atoms with Crippen molar-refractivity contribution in [1.82, 2.24) is 10.2 Å². The minimum Gasteiger partial charge on any atom is -0.497 e. The smallest absolute Gasteiger partial charge is 0.244 e. The molecule has 1 unspecified atom stereocenters. The molecule has 0 heterocycles. The van der Waals surface area contributed by atoms with Gasteiger partial charge in [-0.05, 0) is 48.2 Å². The van der Waals surface area contributed by atoms with E-state index in [1.807, 2.05) is 54.6 Å². The molecule has 43 heavy (non-hydrogen) atoms. The van der Waals surface area contributed by atoms with Crippen molar-refractivity contribution in [2.24, 2.45) is 0 Å². The first-order valence-electron chi connectivity index (χ1n) is 14.2. The van der Waals surface area contributed by atoms with E-state index in [4.69, 9.17) is 9.47 Å². The topological polar surface area (TPSA) is 105 Å². The van der Waals surface area contributed by atoms with E-state index in [9.17, 15) is 18.0 Å². The molecule has 1 aliphatic carbocycles. The monoisotopic (exact) mass is 671 g/mol. The molecule has 3 aromatic carbocycles. The summed E-state index contributed by atoms with van der Waals surface area (Å²) >= 11 is 3.50. The van der Waals surface area contributed by atoms with E-state index in [1.54, 1.807) is 12.1 Å². The summed E-state index contributed by atoms with van der Waals surface area (Å²) in [5, 5.41) is 3.17. The van der Waals surface area contributed by atoms with Crippen molar-refractivity contribution in [3.8, 4) is 11.5 Å². The zero-order valence-electron chi connectivity index (χ0n) is 24.7. The van der Waals surface area contributed by atoms with Gasteiger partial charge in [0.2, 0.25) is 21.8 Å². The van der Waals surface area contributed by atoms with Crippen molar-refractivity contribution >= 4 is 43.5 Å². The normalized spacial score (nSPS) is 14.1.